The van der Waals surface area contributed by atoms with E-state index in [4.69, 9.17) is 11.6 Å². The molecule has 1 unspecified atom stereocenters. The summed E-state index contributed by atoms with van der Waals surface area (Å²) in [5.74, 6) is 1.55. The fourth-order valence-corrected chi connectivity index (χ4v) is 3.48. The molecule has 10 heteroatoms. The van der Waals surface area contributed by atoms with Crippen molar-refractivity contribution in [3.05, 3.63) is 23.4 Å². The highest BCUT2D eigenvalue weighted by molar-refractivity contribution is 7.88. The number of guanidine groups is 1. The average molecular weight is 403 g/mol. The fourth-order valence-electron chi connectivity index (χ4n) is 2.72. The molecule has 0 radical (unpaired) electrons. The summed E-state index contributed by atoms with van der Waals surface area (Å²) in [4.78, 5) is 11.0. The van der Waals surface area contributed by atoms with Crippen molar-refractivity contribution in [3.63, 3.8) is 0 Å². The smallest absolute Gasteiger partial charge is 0.208 e. The number of hydrogen-bond acceptors (Lipinski definition) is 5. The molecule has 1 atom stereocenters. The third-order valence-electron chi connectivity index (χ3n) is 3.88. The van der Waals surface area contributed by atoms with E-state index in [0.29, 0.717) is 24.5 Å². The molecular weight excluding hydrogens is 376 g/mol. The monoisotopic (exact) mass is 402 g/mol. The molecule has 0 amide bonds. The molecule has 146 valence electrons. The SMILES string of the molecule is CCNC(=NCCCNS(C)(=O)=O)NC1CCN(c2ncccc2Cl)C1. The lowest BCUT2D eigenvalue weighted by atomic mass is 10.3. The Balaban J connectivity index is 1.84. The molecule has 3 N–H and O–H groups in total. The van der Waals surface area contributed by atoms with Gasteiger partial charge in [-0.05, 0) is 31.9 Å². The highest BCUT2D eigenvalue weighted by atomic mass is 35.5. The molecule has 8 nitrogen and oxygen atoms in total. The van der Waals surface area contributed by atoms with Crippen LogP contribution in [0.3, 0.4) is 0 Å². The number of anilines is 1. The molecule has 1 aromatic heterocycles. The van der Waals surface area contributed by atoms with Crippen molar-refractivity contribution in [1.29, 1.82) is 0 Å². The van der Waals surface area contributed by atoms with Gasteiger partial charge in [-0.25, -0.2) is 18.1 Å². The lowest BCUT2D eigenvalue weighted by Gasteiger charge is -2.20. The molecule has 0 spiro atoms. The molecule has 0 aliphatic carbocycles. The first-order valence-corrected chi connectivity index (χ1v) is 11.0. The van der Waals surface area contributed by atoms with Crippen molar-refractivity contribution in [2.75, 3.05) is 43.9 Å². The van der Waals surface area contributed by atoms with E-state index >= 15 is 0 Å². The Morgan fingerprint density at radius 1 is 1.50 bits per heavy atom. The molecule has 0 saturated carbocycles. The number of hydrogen-bond donors (Lipinski definition) is 3. The first kappa shape index (κ1) is 20.7. The highest BCUT2D eigenvalue weighted by Gasteiger charge is 2.25. The minimum Gasteiger partial charge on any atom is -0.357 e. The summed E-state index contributed by atoms with van der Waals surface area (Å²) < 4.78 is 24.5. The molecule has 1 saturated heterocycles. The predicted octanol–water partition coefficient (Wildman–Crippen LogP) is 0.808. The van der Waals surface area contributed by atoms with Crippen LogP contribution >= 0.6 is 11.6 Å². The van der Waals surface area contributed by atoms with E-state index in [9.17, 15) is 8.42 Å². The molecule has 0 bridgehead atoms. The minimum absolute atomic E-state index is 0.250. The van der Waals surface area contributed by atoms with Gasteiger partial charge in [-0.1, -0.05) is 11.6 Å². The van der Waals surface area contributed by atoms with E-state index in [1.165, 1.54) is 0 Å². The van der Waals surface area contributed by atoms with E-state index in [-0.39, 0.29) is 6.04 Å². The Morgan fingerprint density at radius 2 is 2.31 bits per heavy atom. The van der Waals surface area contributed by atoms with Crippen LogP contribution in [0.2, 0.25) is 5.02 Å². The second-order valence-corrected chi connectivity index (χ2v) is 8.41. The van der Waals surface area contributed by atoms with E-state index in [2.05, 4.69) is 30.2 Å². The number of sulfonamides is 1. The second kappa shape index (κ2) is 9.94. The summed E-state index contributed by atoms with van der Waals surface area (Å²) >= 11 is 6.23. The normalized spacial score (nSPS) is 18.2. The molecule has 2 heterocycles. The zero-order valence-corrected chi connectivity index (χ0v) is 16.8. The Labute approximate surface area is 160 Å². The Bertz CT molecular complexity index is 712. The van der Waals surface area contributed by atoms with E-state index < -0.39 is 10.0 Å². The van der Waals surface area contributed by atoms with E-state index in [1.807, 2.05) is 19.1 Å². The lowest BCUT2D eigenvalue weighted by molar-refractivity contribution is 0.585. The molecule has 1 aliphatic rings. The molecular formula is C16H27ClN6O2S. The maximum absolute atomic E-state index is 11.0. The second-order valence-electron chi connectivity index (χ2n) is 6.17. The van der Waals surface area contributed by atoms with Gasteiger partial charge in [0.25, 0.3) is 0 Å². The third-order valence-corrected chi connectivity index (χ3v) is 4.90. The van der Waals surface area contributed by atoms with Gasteiger partial charge in [0.1, 0.15) is 5.82 Å². The molecule has 2 rings (SSSR count). The maximum atomic E-state index is 11.0. The molecule has 1 fully saturated rings. The third kappa shape index (κ3) is 6.97. The number of nitrogens with one attached hydrogen (secondary N) is 3. The lowest BCUT2D eigenvalue weighted by Crippen LogP contribution is -2.44. The average Bonchev–Trinajstić information content (AvgIpc) is 3.02. The van der Waals surface area contributed by atoms with Crippen molar-refractivity contribution in [2.24, 2.45) is 4.99 Å². The summed E-state index contributed by atoms with van der Waals surface area (Å²) in [6.07, 6.45) is 4.51. The van der Waals surface area contributed by atoms with Gasteiger partial charge in [-0.15, -0.1) is 0 Å². The van der Waals surface area contributed by atoms with Crippen LogP contribution in [-0.2, 0) is 10.0 Å². The Kier molecular flexibility index (Phi) is 7.92. The topological polar surface area (TPSA) is 98.7 Å². The van der Waals surface area contributed by atoms with Crippen molar-refractivity contribution in [2.45, 2.75) is 25.8 Å². The van der Waals surface area contributed by atoms with Crippen molar-refractivity contribution < 1.29 is 8.42 Å². The molecule has 1 aromatic rings. The van der Waals surface area contributed by atoms with Crippen LogP contribution in [0.5, 0.6) is 0 Å². The van der Waals surface area contributed by atoms with E-state index in [1.54, 1.807) is 6.20 Å². The number of halogens is 1. The van der Waals surface area contributed by atoms with Gasteiger partial charge in [-0.3, -0.25) is 4.99 Å². The fraction of sp³-hybridized carbons (Fsp3) is 0.625. The summed E-state index contributed by atoms with van der Waals surface area (Å²) in [5.41, 5.74) is 0. The maximum Gasteiger partial charge on any atom is 0.208 e. The summed E-state index contributed by atoms with van der Waals surface area (Å²) in [5, 5.41) is 7.31. The standard InChI is InChI=1S/C16H27ClN6O2S/c1-3-18-16(20-9-5-10-21-26(2,24)25)22-13-7-11-23(12-13)15-14(17)6-4-8-19-15/h4,6,8,13,21H,3,5,7,9-12H2,1-2H3,(H2,18,20,22). The van der Waals surface area contributed by atoms with Crippen LogP contribution in [0.1, 0.15) is 19.8 Å². The van der Waals surface area contributed by atoms with Crippen molar-refractivity contribution >= 4 is 33.4 Å². The van der Waals surface area contributed by atoms with Crippen molar-refractivity contribution in [3.8, 4) is 0 Å². The number of pyridine rings is 1. The number of nitrogens with zero attached hydrogens (tertiary/aromatic N) is 3. The predicted molar refractivity (Wildman–Crippen MR) is 106 cm³/mol. The van der Waals surface area contributed by atoms with Gasteiger partial charge in [0, 0.05) is 45.0 Å². The van der Waals surface area contributed by atoms with Crippen LogP contribution in [0.25, 0.3) is 0 Å². The first-order chi connectivity index (χ1) is 12.4. The Hall–Kier alpha value is -1.58. The number of rotatable bonds is 8. The summed E-state index contributed by atoms with van der Waals surface area (Å²) in [7, 11) is -3.14. The van der Waals surface area contributed by atoms with Gasteiger partial charge in [-0.2, -0.15) is 0 Å². The first-order valence-electron chi connectivity index (χ1n) is 8.74. The van der Waals surface area contributed by atoms with Crippen molar-refractivity contribution in [1.82, 2.24) is 20.3 Å². The molecule has 1 aliphatic heterocycles. The summed E-state index contributed by atoms with van der Waals surface area (Å²) in [6, 6.07) is 3.92. The van der Waals surface area contributed by atoms with Crippen LogP contribution in [0.15, 0.2) is 23.3 Å². The van der Waals surface area contributed by atoms with Gasteiger partial charge < -0.3 is 15.5 Å². The highest BCUT2D eigenvalue weighted by Crippen LogP contribution is 2.25. The summed E-state index contributed by atoms with van der Waals surface area (Å²) in [6.45, 7) is 5.38. The van der Waals surface area contributed by atoms with Crippen LogP contribution in [-0.4, -0.2) is 64.4 Å². The number of aliphatic imine (C=N–C) groups is 1. The minimum atomic E-state index is -3.14. The van der Waals surface area contributed by atoms with Crippen LogP contribution < -0.4 is 20.3 Å². The quantitative estimate of drug-likeness (QED) is 0.338. The Morgan fingerprint density at radius 3 is 3.00 bits per heavy atom. The van der Waals surface area contributed by atoms with Gasteiger partial charge in [0.15, 0.2) is 5.96 Å². The van der Waals surface area contributed by atoms with E-state index in [0.717, 1.165) is 44.1 Å². The number of aromatic nitrogens is 1. The molecule has 26 heavy (non-hydrogen) atoms. The molecule has 0 aromatic carbocycles. The van der Waals surface area contributed by atoms with Gasteiger partial charge >= 0.3 is 0 Å². The zero-order valence-electron chi connectivity index (χ0n) is 15.2. The van der Waals surface area contributed by atoms with Crippen LogP contribution in [0.4, 0.5) is 5.82 Å². The largest absolute Gasteiger partial charge is 0.357 e. The van der Waals surface area contributed by atoms with Crippen LogP contribution in [0, 0.1) is 0 Å². The van der Waals surface area contributed by atoms with Gasteiger partial charge in [0.2, 0.25) is 10.0 Å². The van der Waals surface area contributed by atoms with Gasteiger partial charge in [0.05, 0.1) is 11.3 Å². The zero-order chi connectivity index (χ0) is 19.0.